The number of amides is 1. The molecule has 0 aromatic carbocycles. The largest absolute Gasteiger partial charge is 1.00 e. The molecule has 0 aliphatic carbocycles. The molecule has 0 N–H and O–H groups in total. The van der Waals surface area contributed by atoms with Gasteiger partial charge in [-0.05, 0) is 0 Å². The number of hydrogen-bond donors (Lipinski definition) is 0. The van der Waals surface area contributed by atoms with Crippen molar-refractivity contribution in [3.05, 3.63) is 6.92 Å². The molecule has 0 fully saturated rings. The second-order valence-corrected chi connectivity index (χ2v) is 1.54. The van der Waals surface area contributed by atoms with E-state index in [1.807, 2.05) is 0 Å². The number of nitrogens with zero attached hydrogens (tertiary/aromatic N) is 1. The predicted octanol–water partition coefficient (Wildman–Crippen LogP) is -2.70. The van der Waals surface area contributed by atoms with Gasteiger partial charge in [0, 0.05) is 14.1 Å². The fourth-order valence-corrected chi connectivity index (χ4v) is 0.224. The van der Waals surface area contributed by atoms with Gasteiger partial charge in [0.25, 0.3) is 0 Å². The Hall–Kier alpha value is 0.0674. The molecular formula is C5H10LiNO. The van der Waals surface area contributed by atoms with Gasteiger partial charge in [-0.2, -0.15) is 0 Å². The zero-order chi connectivity index (χ0) is 5.86. The first-order valence-electron chi connectivity index (χ1n) is 2.18. The van der Waals surface area contributed by atoms with Gasteiger partial charge in [-0.25, -0.2) is 0 Å². The Morgan fingerprint density at radius 1 is 1.62 bits per heavy atom. The minimum absolute atomic E-state index is 0. The van der Waals surface area contributed by atoms with Crippen molar-refractivity contribution in [2.24, 2.45) is 0 Å². The quantitative estimate of drug-likeness (QED) is 0.264. The van der Waals surface area contributed by atoms with Gasteiger partial charge in [-0.1, -0.05) is 0 Å². The van der Waals surface area contributed by atoms with Crippen molar-refractivity contribution < 1.29 is 23.7 Å². The maximum atomic E-state index is 10.4. The Kier molecular flexibility index (Phi) is 7.13. The van der Waals surface area contributed by atoms with Crippen LogP contribution in [0.3, 0.4) is 0 Å². The summed E-state index contributed by atoms with van der Waals surface area (Å²) in [6, 6.07) is 0. The van der Waals surface area contributed by atoms with E-state index in [0.29, 0.717) is 6.42 Å². The van der Waals surface area contributed by atoms with Gasteiger partial charge >= 0.3 is 18.9 Å². The molecule has 0 rings (SSSR count). The smallest absolute Gasteiger partial charge is 0.351 e. The van der Waals surface area contributed by atoms with Gasteiger partial charge < -0.3 is 11.8 Å². The van der Waals surface area contributed by atoms with Crippen LogP contribution in [-0.2, 0) is 4.79 Å². The van der Waals surface area contributed by atoms with Crippen LogP contribution < -0.4 is 18.9 Å². The van der Waals surface area contributed by atoms with Crippen molar-refractivity contribution >= 4 is 5.91 Å². The molecule has 0 saturated carbocycles. The predicted molar refractivity (Wildman–Crippen MR) is 28.7 cm³/mol. The van der Waals surface area contributed by atoms with Crippen molar-refractivity contribution in [2.45, 2.75) is 6.42 Å². The summed E-state index contributed by atoms with van der Waals surface area (Å²) < 4.78 is 0. The van der Waals surface area contributed by atoms with Crippen molar-refractivity contribution in [3.63, 3.8) is 0 Å². The summed E-state index contributed by atoms with van der Waals surface area (Å²) in [7, 11) is 3.43. The van der Waals surface area contributed by atoms with E-state index in [0.717, 1.165) is 0 Å². The topological polar surface area (TPSA) is 20.3 Å². The van der Waals surface area contributed by atoms with Crippen LogP contribution in [0.4, 0.5) is 0 Å². The molecule has 0 saturated heterocycles. The molecule has 3 heteroatoms. The average Bonchev–Trinajstić information content (AvgIpc) is 1.65. The third-order valence-corrected chi connectivity index (χ3v) is 0.713. The monoisotopic (exact) mass is 107 g/mol. The number of rotatable bonds is 1. The van der Waals surface area contributed by atoms with Gasteiger partial charge in [-0.15, -0.1) is 6.42 Å². The summed E-state index contributed by atoms with van der Waals surface area (Å²) in [5.74, 6) is 0.0694. The Balaban J connectivity index is 0. The molecule has 42 valence electrons. The van der Waals surface area contributed by atoms with Crippen molar-refractivity contribution in [1.29, 1.82) is 0 Å². The van der Waals surface area contributed by atoms with Crippen LogP contribution in [0.25, 0.3) is 0 Å². The Morgan fingerprint density at radius 3 is 2.00 bits per heavy atom. The van der Waals surface area contributed by atoms with E-state index >= 15 is 0 Å². The molecule has 0 spiro atoms. The maximum absolute atomic E-state index is 10.4. The zero-order valence-corrected chi connectivity index (χ0v) is 5.77. The van der Waals surface area contributed by atoms with Crippen molar-refractivity contribution in [2.75, 3.05) is 14.1 Å². The molecule has 1 amide bonds. The number of carbonyl (C=O) groups is 1. The van der Waals surface area contributed by atoms with Crippen LogP contribution in [0, 0.1) is 6.92 Å². The zero-order valence-electron chi connectivity index (χ0n) is 5.77. The number of hydrogen-bond acceptors (Lipinski definition) is 1. The average molecular weight is 107 g/mol. The van der Waals surface area contributed by atoms with Crippen LogP contribution >= 0.6 is 0 Å². The SMILES string of the molecule is [CH2-]CC(=O)N(C)C.[Li+]. The van der Waals surface area contributed by atoms with E-state index in [2.05, 4.69) is 6.92 Å². The van der Waals surface area contributed by atoms with Crippen molar-refractivity contribution in [1.82, 2.24) is 4.90 Å². The van der Waals surface area contributed by atoms with E-state index < -0.39 is 0 Å². The fourth-order valence-electron chi connectivity index (χ4n) is 0.224. The maximum Gasteiger partial charge on any atom is 1.00 e. The molecule has 0 heterocycles. The minimum atomic E-state index is 0. The second-order valence-electron chi connectivity index (χ2n) is 1.54. The molecular weight excluding hydrogens is 97.0 g/mol. The summed E-state index contributed by atoms with van der Waals surface area (Å²) >= 11 is 0. The van der Waals surface area contributed by atoms with E-state index in [9.17, 15) is 4.79 Å². The molecule has 8 heavy (non-hydrogen) atoms. The van der Waals surface area contributed by atoms with Crippen LogP contribution in [0.15, 0.2) is 0 Å². The molecule has 0 aliphatic heterocycles. The Labute approximate surface area is 62.4 Å². The van der Waals surface area contributed by atoms with Crippen molar-refractivity contribution in [3.8, 4) is 0 Å². The molecule has 0 atom stereocenters. The molecule has 0 radical (unpaired) electrons. The minimum Gasteiger partial charge on any atom is -0.351 e. The molecule has 2 nitrogen and oxygen atoms in total. The number of carbonyl (C=O) groups excluding carboxylic acids is 1. The van der Waals surface area contributed by atoms with E-state index in [1.165, 1.54) is 4.90 Å². The third-order valence-electron chi connectivity index (χ3n) is 0.713. The van der Waals surface area contributed by atoms with Gasteiger partial charge in [-0.3, -0.25) is 4.79 Å². The summed E-state index contributed by atoms with van der Waals surface area (Å²) in [5, 5.41) is 0. The Morgan fingerprint density at radius 2 is 2.00 bits per heavy atom. The van der Waals surface area contributed by atoms with E-state index in [1.54, 1.807) is 14.1 Å². The van der Waals surface area contributed by atoms with Gasteiger partial charge in [0.15, 0.2) is 5.91 Å². The van der Waals surface area contributed by atoms with Crippen LogP contribution in [0.1, 0.15) is 6.42 Å². The van der Waals surface area contributed by atoms with Crippen LogP contribution in [-0.4, -0.2) is 24.9 Å². The summed E-state index contributed by atoms with van der Waals surface area (Å²) in [6.07, 6.45) is 0.354. The summed E-state index contributed by atoms with van der Waals surface area (Å²) in [4.78, 5) is 11.9. The van der Waals surface area contributed by atoms with Gasteiger partial charge in [0.2, 0.25) is 0 Å². The first-order valence-corrected chi connectivity index (χ1v) is 2.18. The molecule has 0 aromatic rings. The van der Waals surface area contributed by atoms with Gasteiger partial charge in [0.1, 0.15) is 0 Å². The molecule has 0 aliphatic rings. The molecule has 0 bridgehead atoms. The summed E-state index contributed by atoms with van der Waals surface area (Å²) in [5.41, 5.74) is 0. The van der Waals surface area contributed by atoms with E-state index in [-0.39, 0.29) is 24.8 Å². The summed E-state index contributed by atoms with van der Waals surface area (Å²) in [6.45, 7) is 3.42. The standard InChI is InChI=1S/C5H10NO.Li/c1-4-5(7)6(2)3;/h1,4H2,2-3H3;/q-1;+1. The first-order chi connectivity index (χ1) is 3.18. The van der Waals surface area contributed by atoms with Crippen LogP contribution in [0.2, 0.25) is 0 Å². The van der Waals surface area contributed by atoms with Crippen LogP contribution in [0.5, 0.6) is 0 Å². The van der Waals surface area contributed by atoms with E-state index in [4.69, 9.17) is 0 Å². The molecule has 0 unspecified atom stereocenters. The normalized spacial score (nSPS) is 7.38. The third kappa shape index (κ3) is 4.23. The second kappa shape index (κ2) is 5.21. The first kappa shape index (κ1) is 10.9. The molecule has 0 aromatic heterocycles. The Bertz CT molecular complexity index is 72.8. The van der Waals surface area contributed by atoms with Gasteiger partial charge in [0.05, 0.1) is 0 Å². The fraction of sp³-hybridized carbons (Fsp3) is 0.600.